The van der Waals surface area contributed by atoms with Gasteiger partial charge in [-0.3, -0.25) is 4.79 Å². The molecule has 0 fully saturated rings. The number of hydrogen-bond donors (Lipinski definition) is 0. The summed E-state index contributed by atoms with van der Waals surface area (Å²) in [5.74, 6) is -5.42. The lowest BCUT2D eigenvalue weighted by atomic mass is 9.99. The van der Waals surface area contributed by atoms with Gasteiger partial charge in [0.25, 0.3) is 0 Å². The number of ketones is 1. The lowest BCUT2D eigenvalue weighted by Crippen LogP contribution is -2.11. The van der Waals surface area contributed by atoms with Crippen molar-refractivity contribution in [2.24, 2.45) is 0 Å². The van der Waals surface area contributed by atoms with Gasteiger partial charge in [-0.15, -0.1) is 0 Å². The molecule has 2 aromatic rings. The van der Waals surface area contributed by atoms with Crippen LogP contribution < -0.4 is 0 Å². The number of benzene rings is 2. The molecular formula is C14H7BrF4O. The molecule has 1 nitrogen and oxygen atoms in total. The largest absolute Gasteiger partial charge is 0.288 e. The predicted octanol–water partition coefficient (Wildman–Crippen LogP) is 4.54. The molecule has 2 aromatic carbocycles. The van der Waals surface area contributed by atoms with Crippen LogP contribution in [0.15, 0.2) is 28.7 Å². The van der Waals surface area contributed by atoms with E-state index in [4.69, 9.17) is 0 Å². The SMILES string of the molecule is Cc1ccc(F)c(C(=O)c2cc(F)c(Br)cc2F)c1F. The van der Waals surface area contributed by atoms with Crippen molar-refractivity contribution in [3.8, 4) is 0 Å². The van der Waals surface area contributed by atoms with Gasteiger partial charge in [0.2, 0.25) is 5.78 Å². The zero-order valence-electron chi connectivity index (χ0n) is 10.1. The van der Waals surface area contributed by atoms with Crippen LogP contribution in [0.3, 0.4) is 0 Å². The summed E-state index contributed by atoms with van der Waals surface area (Å²) in [6.07, 6.45) is 0. The summed E-state index contributed by atoms with van der Waals surface area (Å²) < 4.78 is 54.3. The van der Waals surface area contributed by atoms with Crippen molar-refractivity contribution >= 4 is 21.7 Å². The average molecular weight is 347 g/mol. The fourth-order valence-corrected chi connectivity index (χ4v) is 2.01. The highest BCUT2D eigenvalue weighted by Crippen LogP contribution is 2.25. The molecule has 0 aliphatic carbocycles. The smallest absolute Gasteiger partial charge is 0.201 e. The Labute approximate surface area is 120 Å². The van der Waals surface area contributed by atoms with E-state index >= 15 is 0 Å². The highest BCUT2D eigenvalue weighted by molar-refractivity contribution is 9.10. The van der Waals surface area contributed by atoms with Gasteiger partial charge in [0.1, 0.15) is 23.3 Å². The summed E-state index contributed by atoms with van der Waals surface area (Å²) in [7, 11) is 0. The second-order valence-electron chi connectivity index (χ2n) is 4.13. The Hall–Kier alpha value is -1.69. The molecule has 0 saturated heterocycles. The summed E-state index contributed by atoms with van der Waals surface area (Å²) >= 11 is 2.75. The van der Waals surface area contributed by atoms with E-state index in [1.807, 2.05) is 0 Å². The standard InChI is InChI=1S/C14H7BrF4O/c1-6-2-3-9(16)12(13(6)19)14(20)7-4-11(18)8(15)5-10(7)17/h2-5H,1H3. The topological polar surface area (TPSA) is 17.1 Å². The second-order valence-corrected chi connectivity index (χ2v) is 4.98. The van der Waals surface area contributed by atoms with E-state index in [-0.39, 0.29) is 10.0 Å². The molecule has 0 aliphatic heterocycles. The minimum atomic E-state index is -1.24. The summed E-state index contributed by atoms with van der Waals surface area (Å²) in [5.41, 5.74) is -1.59. The van der Waals surface area contributed by atoms with Crippen LogP contribution in [0.4, 0.5) is 17.6 Å². The van der Waals surface area contributed by atoms with E-state index < -0.39 is 40.2 Å². The van der Waals surface area contributed by atoms with Crippen LogP contribution in [0, 0.1) is 30.2 Å². The zero-order valence-corrected chi connectivity index (χ0v) is 11.7. The van der Waals surface area contributed by atoms with Crippen LogP contribution in [0.25, 0.3) is 0 Å². The molecule has 0 bridgehead atoms. The van der Waals surface area contributed by atoms with E-state index in [2.05, 4.69) is 15.9 Å². The Morgan fingerprint density at radius 2 is 1.65 bits per heavy atom. The molecule has 2 rings (SSSR count). The van der Waals surface area contributed by atoms with Gasteiger partial charge in [-0.05, 0) is 46.6 Å². The molecule has 0 unspecified atom stereocenters. The number of carbonyl (C=O) groups is 1. The van der Waals surface area contributed by atoms with E-state index in [0.29, 0.717) is 6.07 Å². The molecule has 0 radical (unpaired) electrons. The van der Waals surface area contributed by atoms with Gasteiger partial charge in [0.15, 0.2) is 0 Å². The summed E-state index contributed by atoms with van der Waals surface area (Å²) in [4.78, 5) is 12.0. The van der Waals surface area contributed by atoms with Crippen LogP contribution in [0.2, 0.25) is 0 Å². The first-order valence-corrected chi connectivity index (χ1v) is 6.26. The van der Waals surface area contributed by atoms with Crippen LogP contribution in [-0.4, -0.2) is 5.78 Å². The molecule has 0 spiro atoms. The van der Waals surface area contributed by atoms with Gasteiger partial charge >= 0.3 is 0 Å². The van der Waals surface area contributed by atoms with E-state index in [1.165, 1.54) is 6.92 Å². The average Bonchev–Trinajstić information content (AvgIpc) is 2.38. The molecule has 0 heterocycles. The third-order valence-corrected chi connectivity index (χ3v) is 3.37. The van der Waals surface area contributed by atoms with Gasteiger partial charge < -0.3 is 0 Å². The van der Waals surface area contributed by atoms with Gasteiger partial charge in [-0.2, -0.15) is 0 Å². The van der Waals surface area contributed by atoms with Crippen molar-refractivity contribution in [1.29, 1.82) is 0 Å². The fourth-order valence-electron chi connectivity index (χ4n) is 1.70. The minimum absolute atomic E-state index is 0.0349. The van der Waals surface area contributed by atoms with Crippen LogP contribution in [-0.2, 0) is 0 Å². The molecular weight excluding hydrogens is 340 g/mol. The first kappa shape index (κ1) is 14.7. The van der Waals surface area contributed by atoms with Gasteiger partial charge in [-0.25, -0.2) is 17.6 Å². The lowest BCUT2D eigenvalue weighted by molar-refractivity contribution is 0.102. The zero-order chi connectivity index (χ0) is 15.0. The first-order chi connectivity index (χ1) is 9.32. The van der Waals surface area contributed by atoms with Crippen molar-refractivity contribution in [2.75, 3.05) is 0 Å². The maximum absolute atomic E-state index is 13.8. The van der Waals surface area contributed by atoms with Gasteiger partial charge in [-0.1, -0.05) is 6.07 Å². The third-order valence-electron chi connectivity index (χ3n) is 2.77. The summed E-state index contributed by atoms with van der Waals surface area (Å²) in [5, 5.41) is 0. The van der Waals surface area contributed by atoms with E-state index in [9.17, 15) is 22.4 Å². The molecule has 0 saturated carbocycles. The maximum atomic E-state index is 13.8. The maximum Gasteiger partial charge on any atom is 0.201 e. The van der Waals surface area contributed by atoms with Crippen molar-refractivity contribution in [2.45, 2.75) is 6.92 Å². The number of carbonyl (C=O) groups excluding carboxylic acids is 1. The number of aryl methyl sites for hydroxylation is 1. The highest BCUT2D eigenvalue weighted by atomic mass is 79.9. The van der Waals surface area contributed by atoms with Crippen molar-refractivity contribution in [3.05, 3.63) is 68.7 Å². The quantitative estimate of drug-likeness (QED) is 0.443. The predicted molar refractivity (Wildman–Crippen MR) is 68.6 cm³/mol. The Bertz CT molecular complexity index is 713. The molecule has 0 aliphatic rings. The van der Waals surface area contributed by atoms with Crippen molar-refractivity contribution in [1.82, 2.24) is 0 Å². The molecule has 104 valence electrons. The van der Waals surface area contributed by atoms with Crippen LogP contribution >= 0.6 is 15.9 Å². The normalized spacial score (nSPS) is 10.7. The number of rotatable bonds is 2. The van der Waals surface area contributed by atoms with Crippen LogP contribution in [0.5, 0.6) is 0 Å². The molecule has 0 aromatic heterocycles. The number of hydrogen-bond acceptors (Lipinski definition) is 1. The molecule has 0 atom stereocenters. The monoisotopic (exact) mass is 346 g/mol. The Morgan fingerprint density at radius 1 is 1.00 bits per heavy atom. The lowest BCUT2D eigenvalue weighted by Gasteiger charge is -2.08. The Kier molecular flexibility index (Phi) is 3.94. The van der Waals surface area contributed by atoms with Crippen molar-refractivity contribution in [3.63, 3.8) is 0 Å². The Morgan fingerprint density at radius 3 is 2.30 bits per heavy atom. The van der Waals surface area contributed by atoms with Gasteiger partial charge in [0, 0.05) is 0 Å². The van der Waals surface area contributed by atoms with Crippen LogP contribution in [0.1, 0.15) is 21.5 Å². The summed E-state index contributed by atoms with van der Waals surface area (Å²) in [6, 6.07) is 3.38. The van der Waals surface area contributed by atoms with Gasteiger partial charge in [0.05, 0.1) is 15.6 Å². The third kappa shape index (κ3) is 2.47. The second kappa shape index (κ2) is 5.36. The first-order valence-electron chi connectivity index (χ1n) is 5.46. The minimum Gasteiger partial charge on any atom is -0.288 e. The Balaban J connectivity index is 2.64. The number of halogens is 5. The van der Waals surface area contributed by atoms with Crippen molar-refractivity contribution < 1.29 is 22.4 Å². The summed E-state index contributed by atoms with van der Waals surface area (Å²) in [6.45, 7) is 1.34. The highest BCUT2D eigenvalue weighted by Gasteiger charge is 2.24. The fraction of sp³-hybridized carbons (Fsp3) is 0.0714. The molecule has 0 N–H and O–H groups in total. The van der Waals surface area contributed by atoms with E-state index in [0.717, 1.165) is 18.2 Å². The molecule has 20 heavy (non-hydrogen) atoms. The molecule has 6 heteroatoms. The molecule has 0 amide bonds. The van der Waals surface area contributed by atoms with E-state index in [1.54, 1.807) is 0 Å².